The van der Waals surface area contributed by atoms with Gasteiger partial charge in [-0.3, -0.25) is 4.79 Å². The minimum Gasteiger partial charge on any atom is -0.478 e. The monoisotopic (exact) mass is 391 g/mol. The van der Waals surface area contributed by atoms with E-state index in [0.29, 0.717) is 10.8 Å². The average Bonchev–Trinajstić information content (AvgIpc) is 2.50. The lowest BCUT2D eigenvalue weighted by Gasteiger charge is -2.25. The summed E-state index contributed by atoms with van der Waals surface area (Å²) in [6.45, 7) is 2.97. The molecule has 0 bridgehead atoms. The van der Waals surface area contributed by atoms with Crippen LogP contribution in [0.25, 0.3) is 0 Å². The highest BCUT2D eigenvalue weighted by atomic mass is 35.5. The Kier molecular flexibility index (Phi) is 5.54. The second-order valence-electron chi connectivity index (χ2n) is 5.71. The lowest BCUT2D eigenvalue weighted by molar-refractivity contribution is -0.137. The molecule has 25 heavy (non-hydrogen) atoms. The molecule has 0 atom stereocenters. The highest BCUT2D eigenvalue weighted by molar-refractivity contribution is 6.33. The largest absolute Gasteiger partial charge is 0.478 e. The molecule has 0 aromatic heterocycles. The summed E-state index contributed by atoms with van der Waals surface area (Å²) >= 11 is 11.7. The number of benzene rings is 2. The molecule has 0 aliphatic rings. The Bertz CT molecular complexity index is 774. The quantitative estimate of drug-likeness (QED) is 0.713. The Hall–Kier alpha value is -1.92. The molecule has 0 saturated heterocycles. The molecule has 0 fully saturated rings. The van der Waals surface area contributed by atoms with Crippen LogP contribution in [-0.4, -0.2) is 11.5 Å². The molecule has 134 valence electrons. The first-order valence-corrected chi connectivity index (χ1v) is 7.87. The molecule has 2 aromatic carbocycles. The van der Waals surface area contributed by atoms with Gasteiger partial charge in [-0.25, -0.2) is 0 Å². The van der Waals surface area contributed by atoms with Crippen LogP contribution in [0.15, 0.2) is 42.5 Å². The first kappa shape index (κ1) is 19.4. The van der Waals surface area contributed by atoms with Crippen molar-refractivity contribution in [2.45, 2.75) is 25.6 Å². The van der Waals surface area contributed by atoms with Crippen molar-refractivity contribution in [3.8, 4) is 5.75 Å². The second kappa shape index (κ2) is 7.14. The number of hydrogen-bond acceptors (Lipinski definition) is 2. The number of rotatable bonds is 4. The molecule has 8 heteroatoms. The van der Waals surface area contributed by atoms with Crippen molar-refractivity contribution < 1.29 is 22.7 Å². The summed E-state index contributed by atoms with van der Waals surface area (Å²) in [6.07, 6.45) is -4.54. The lowest BCUT2D eigenvalue weighted by Crippen LogP contribution is -2.42. The van der Waals surface area contributed by atoms with E-state index in [1.807, 2.05) is 0 Å². The minimum atomic E-state index is -4.54. The molecule has 0 spiro atoms. The van der Waals surface area contributed by atoms with Crippen LogP contribution in [0.2, 0.25) is 10.0 Å². The molecule has 3 nitrogen and oxygen atoms in total. The highest BCUT2D eigenvalue weighted by Crippen LogP contribution is 2.34. The molecule has 0 saturated carbocycles. The molecule has 2 aromatic rings. The number of halogens is 5. The molecule has 0 heterocycles. The van der Waals surface area contributed by atoms with Crippen molar-refractivity contribution in [1.82, 2.24) is 0 Å². The normalized spacial score (nSPS) is 12.0. The lowest BCUT2D eigenvalue weighted by atomic mass is 10.1. The number of nitrogens with one attached hydrogen (secondary N) is 1. The van der Waals surface area contributed by atoms with Crippen LogP contribution in [0.1, 0.15) is 19.4 Å². The summed E-state index contributed by atoms with van der Waals surface area (Å²) in [4.78, 5) is 12.4. The van der Waals surface area contributed by atoms with Crippen LogP contribution in [0.4, 0.5) is 18.9 Å². The standard InChI is InChI=1S/C17H14Cl2F3NO2/c1-16(2,25-12-6-4-11(18)5-7-12)15(24)23-14-9-10(17(20,21)22)3-8-13(14)19/h3-9H,1-2H3,(H,23,24). The molecule has 1 N–H and O–H groups in total. The van der Waals surface area contributed by atoms with E-state index in [9.17, 15) is 18.0 Å². The number of anilines is 1. The van der Waals surface area contributed by atoms with Crippen LogP contribution >= 0.6 is 23.2 Å². The maximum Gasteiger partial charge on any atom is 0.416 e. The summed E-state index contributed by atoms with van der Waals surface area (Å²) in [7, 11) is 0. The molecule has 0 aliphatic carbocycles. The van der Waals surface area contributed by atoms with E-state index >= 15 is 0 Å². The van der Waals surface area contributed by atoms with Gasteiger partial charge in [-0.2, -0.15) is 13.2 Å². The SMILES string of the molecule is CC(C)(Oc1ccc(Cl)cc1)C(=O)Nc1cc(C(F)(F)F)ccc1Cl. The van der Waals surface area contributed by atoms with Gasteiger partial charge in [-0.15, -0.1) is 0 Å². The molecule has 0 aliphatic heterocycles. The van der Waals surface area contributed by atoms with E-state index in [2.05, 4.69) is 5.32 Å². The summed E-state index contributed by atoms with van der Waals surface area (Å²) < 4.78 is 44.0. The third-order valence-electron chi connectivity index (χ3n) is 3.28. The predicted molar refractivity (Wildman–Crippen MR) is 91.2 cm³/mol. The van der Waals surface area contributed by atoms with Crippen molar-refractivity contribution in [1.29, 1.82) is 0 Å². The predicted octanol–water partition coefficient (Wildman–Crippen LogP) is 5.81. The van der Waals surface area contributed by atoms with Gasteiger partial charge < -0.3 is 10.1 Å². The molecule has 1 amide bonds. The van der Waals surface area contributed by atoms with Crippen LogP contribution in [0, 0.1) is 0 Å². The van der Waals surface area contributed by atoms with Crippen LogP contribution in [0.5, 0.6) is 5.75 Å². The second-order valence-corrected chi connectivity index (χ2v) is 6.56. The summed E-state index contributed by atoms with van der Waals surface area (Å²) in [5.74, 6) is -0.261. The van der Waals surface area contributed by atoms with Crippen molar-refractivity contribution >= 4 is 34.8 Å². The average molecular weight is 392 g/mol. The number of amides is 1. The summed E-state index contributed by atoms with van der Waals surface area (Å²) in [6, 6.07) is 9.03. The van der Waals surface area contributed by atoms with Gasteiger partial charge in [0.05, 0.1) is 16.3 Å². The number of carbonyl (C=O) groups excluding carboxylic acids is 1. The van der Waals surface area contributed by atoms with Gasteiger partial charge in [0.1, 0.15) is 5.75 Å². The fourth-order valence-corrected chi connectivity index (χ4v) is 2.20. The Morgan fingerprint density at radius 1 is 1.04 bits per heavy atom. The Morgan fingerprint density at radius 2 is 1.64 bits per heavy atom. The van der Waals surface area contributed by atoms with Gasteiger partial charge in [0.15, 0.2) is 5.60 Å². The van der Waals surface area contributed by atoms with Gasteiger partial charge in [0.25, 0.3) is 5.91 Å². The smallest absolute Gasteiger partial charge is 0.416 e. The first-order chi connectivity index (χ1) is 11.5. The zero-order chi connectivity index (χ0) is 18.8. The van der Waals surface area contributed by atoms with E-state index in [1.54, 1.807) is 24.3 Å². The van der Waals surface area contributed by atoms with Crippen molar-refractivity contribution in [3.63, 3.8) is 0 Å². The van der Waals surface area contributed by atoms with Gasteiger partial charge in [-0.1, -0.05) is 23.2 Å². The fraction of sp³-hybridized carbons (Fsp3) is 0.235. The minimum absolute atomic E-state index is 0.0105. The molecule has 0 radical (unpaired) electrons. The zero-order valence-electron chi connectivity index (χ0n) is 13.2. The van der Waals surface area contributed by atoms with Crippen LogP contribution in [-0.2, 0) is 11.0 Å². The summed E-state index contributed by atoms with van der Waals surface area (Å²) in [5, 5.41) is 2.87. The van der Waals surface area contributed by atoms with Crippen LogP contribution in [0.3, 0.4) is 0 Å². The Balaban J connectivity index is 2.18. The van der Waals surface area contributed by atoms with E-state index in [-0.39, 0.29) is 10.7 Å². The van der Waals surface area contributed by atoms with E-state index in [1.165, 1.54) is 13.8 Å². The van der Waals surface area contributed by atoms with Gasteiger partial charge in [0, 0.05) is 5.02 Å². The number of ether oxygens (including phenoxy) is 1. The fourth-order valence-electron chi connectivity index (χ4n) is 1.91. The number of carbonyl (C=O) groups is 1. The number of alkyl halides is 3. The maximum absolute atomic E-state index is 12.8. The van der Waals surface area contributed by atoms with Crippen molar-refractivity contribution in [3.05, 3.63) is 58.1 Å². The highest BCUT2D eigenvalue weighted by Gasteiger charge is 2.33. The topological polar surface area (TPSA) is 38.3 Å². The molecule has 0 unspecified atom stereocenters. The third-order valence-corrected chi connectivity index (χ3v) is 3.86. The van der Waals surface area contributed by atoms with Gasteiger partial charge >= 0.3 is 6.18 Å². The number of hydrogen-bond donors (Lipinski definition) is 1. The maximum atomic E-state index is 12.8. The van der Waals surface area contributed by atoms with Crippen LogP contribution < -0.4 is 10.1 Å². The summed E-state index contributed by atoms with van der Waals surface area (Å²) in [5.41, 5.74) is -2.41. The zero-order valence-corrected chi connectivity index (χ0v) is 14.8. The van der Waals surface area contributed by atoms with Gasteiger partial charge in [0.2, 0.25) is 0 Å². The molecular weight excluding hydrogens is 378 g/mol. The van der Waals surface area contributed by atoms with E-state index in [4.69, 9.17) is 27.9 Å². The Labute approximate surface area is 152 Å². The molecular formula is C17H14Cl2F3NO2. The Morgan fingerprint density at radius 3 is 2.20 bits per heavy atom. The first-order valence-electron chi connectivity index (χ1n) is 7.12. The van der Waals surface area contributed by atoms with E-state index < -0.39 is 23.2 Å². The molecule has 2 rings (SSSR count). The van der Waals surface area contributed by atoms with Crippen molar-refractivity contribution in [2.24, 2.45) is 0 Å². The van der Waals surface area contributed by atoms with Gasteiger partial charge in [-0.05, 0) is 56.3 Å². The third kappa shape index (κ3) is 5.03. The van der Waals surface area contributed by atoms with E-state index in [0.717, 1.165) is 18.2 Å². The van der Waals surface area contributed by atoms with Crippen molar-refractivity contribution in [2.75, 3.05) is 5.32 Å².